The Morgan fingerprint density at radius 2 is 2.29 bits per heavy atom. The van der Waals surface area contributed by atoms with Crippen molar-refractivity contribution in [1.82, 2.24) is 4.57 Å². The van der Waals surface area contributed by atoms with E-state index >= 15 is 0 Å². The van der Waals surface area contributed by atoms with Gasteiger partial charge in [0, 0.05) is 6.42 Å². The Morgan fingerprint density at radius 1 is 1.64 bits per heavy atom. The van der Waals surface area contributed by atoms with E-state index in [0.717, 1.165) is 0 Å². The van der Waals surface area contributed by atoms with Crippen LogP contribution < -0.4 is 0 Å². The number of carbonyl (C=O) groups is 1. The second-order valence-electron chi connectivity index (χ2n) is 4.69. The Bertz CT molecular complexity index is 237. The van der Waals surface area contributed by atoms with Gasteiger partial charge in [-0.25, -0.2) is 0 Å². The maximum atomic E-state index is 11.5. The summed E-state index contributed by atoms with van der Waals surface area (Å²) < 4.78 is 2.12. The minimum Gasteiger partial charge on any atom is -0.363 e. The first-order valence-corrected chi connectivity index (χ1v) is 8.63. The van der Waals surface area contributed by atoms with Gasteiger partial charge in [0.25, 0.3) is 0 Å². The number of hydrogen-bond donors (Lipinski definition) is 0. The number of nitrogens with zero attached hydrogens (tertiary/aromatic N) is 1. The van der Waals surface area contributed by atoms with Gasteiger partial charge in [0.05, 0.1) is 6.04 Å². The van der Waals surface area contributed by atoms with Crippen molar-refractivity contribution in [2.24, 2.45) is 0 Å². The smallest absolute Gasteiger partial charge is 0.217 e. The molecule has 0 N–H and O–H groups in total. The highest BCUT2D eigenvalue weighted by atomic mass is 28.3. The number of β-lactam (4-membered cyclic amide) rings is 1. The summed E-state index contributed by atoms with van der Waals surface area (Å²) in [6.45, 7) is 10.6. The maximum absolute atomic E-state index is 11.5. The van der Waals surface area contributed by atoms with Crippen molar-refractivity contribution in [3.63, 3.8) is 0 Å². The molecule has 0 aromatic rings. The summed E-state index contributed by atoms with van der Waals surface area (Å²) in [6, 6.07) is 1.56. The van der Waals surface area contributed by atoms with Gasteiger partial charge < -0.3 is 4.57 Å². The van der Waals surface area contributed by atoms with Crippen LogP contribution in [-0.2, 0) is 4.79 Å². The lowest BCUT2D eigenvalue weighted by Gasteiger charge is -2.49. The van der Waals surface area contributed by atoms with Crippen molar-refractivity contribution >= 4 is 14.1 Å². The molecular formula is C11H21NOSi. The first kappa shape index (κ1) is 11.5. The van der Waals surface area contributed by atoms with Crippen molar-refractivity contribution < 1.29 is 4.79 Å². The predicted octanol–water partition coefficient (Wildman–Crippen LogP) is 2.78. The normalized spacial score (nSPS) is 22.1. The van der Waals surface area contributed by atoms with E-state index in [1.165, 1.54) is 18.9 Å². The molecule has 0 aromatic heterocycles. The topological polar surface area (TPSA) is 20.3 Å². The zero-order chi connectivity index (χ0) is 10.8. The quantitative estimate of drug-likeness (QED) is 0.389. The fourth-order valence-corrected chi connectivity index (χ4v) is 5.47. The van der Waals surface area contributed by atoms with Gasteiger partial charge in [0.2, 0.25) is 5.91 Å². The van der Waals surface area contributed by atoms with E-state index in [1.54, 1.807) is 0 Å². The van der Waals surface area contributed by atoms with E-state index in [9.17, 15) is 4.79 Å². The standard InChI is InChI=1S/C11H21NOSi/c1-5-7-8-14(3,4)12-10(6-2)9-11(12)13/h6,10H,2,5,7-9H2,1,3-4H3. The lowest BCUT2D eigenvalue weighted by molar-refractivity contribution is -0.136. The summed E-state index contributed by atoms with van der Waals surface area (Å²) in [5, 5.41) is 0. The van der Waals surface area contributed by atoms with Gasteiger partial charge in [0.1, 0.15) is 0 Å². The third-order valence-electron chi connectivity index (χ3n) is 3.05. The molecule has 1 fully saturated rings. The van der Waals surface area contributed by atoms with Crippen LogP contribution in [0.25, 0.3) is 0 Å². The number of unbranched alkanes of at least 4 members (excludes halogenated alkanes) is 1. The van der Waals surface area contributed by atoms with E-state index in [4.69, 9.17) is 0 Å². The third-order valence-corrected chi connectivity index (χ3v) is 6.51. The zero-order valence-electron chi connectivity index (χ0n) is 9.55. The predicted molar refractivity (Wildman–Crippen MR) is 62.6 cm³/mol. The SMILES string of the molecule is C=CC1CC(=O)N1[Si](C)(C)CCCC. The third kappa shape index (κ3) is 2.08. The van der Waals surface area contributed by atoms with Crippen molar-refractivity contribution in [3.05, 3.63) is 12.7 Å². The Hall–Kier alpha value is -0.573. The molecule has 0 aromatic carbocycles. The summed E-state index contributed by atoms with van der Waals surface area (Å²) in [6.07, 6.45) is 5.07. The van der Waals surface area contributed by atoms with E-state index in [0.29, 0.717) is 18.4 Å². The molecule has 1 aliphatic rings. The first-order chi connectivity index (χ1) is 6.53. The average molecular weight is 211 g/mol. The average Bonchev–Trinajstić information content (AvgIpc) is 2.09. The van der Waals surface area contributed by atoms with Crippen LogP contribution in [0.4, 0.5) is 0 Å². The molecular weight excluding hydrogens is 190 g/mol. The second-order valence-corrected chi connectivity index (χ2v) is 9.29. The lowest BCUT2D eigenvalue weighted by Crippen LogP contribution is -2.64. The highest BCUT2D eigenvalue weighted by Gasteiger charge is 2.43. The molecule has 1 saturated heterocycles. The number of hydrogen-bond acceptors (Lipinski definition) is 1. The van der Waals surface area contributed by atoms with Gasteiger partial charge >= 0.3 is 0 Å². The zero-order valence-corrected chi connectivity index (χ0v) is 10.5. The van der Waals surface area contributed by atoms with Gasteiger partial charge in [0.15, 0.2) is 8.24 Å². The number of rotatable bonds is 5. The second kappa shape index (κ2) is 4.30. The fraction of sp³-hybridized carbons (Fsp3) is 0.727. The molecule has 2 nitrogen and oxygen atoms in total. The number of carbonyl (C=O) groups excluding carboxylic acids is 1. The molecule has 1 heterocycles. The molecule has 3 heteroatoms. The van der Waals surface area contributed by atoms with Crippen molar-refractivity contribution in [2.45, 2.75) is 51.4 Å². The van der Waals surface area contributed by atoms with E-state index in [2.05, 4.69) is 31.2 Å². The summed E-state index contributed by atoms with van der Waals surface area (Å²) in [5.74, 6) is 0.336. The van der Waals surface area contributed by atoms with Gasteiger partial charge in [-0.3, -0.25) is 4.79 Å². The Morgan fingerprint density at radius 3 is 2.71 bits per heavy atom. The maximum Gasteiger partial charge on any atom is 0.217 e. The van der Waals surface area contributed by atoms with E-state index in [-0.39, 0.29) is 0 Å². The highest BCUT2D eigenvalue weighted by Crippen LogP contribution is 2.30. The van der Waals surface area contributed by atoms with Gasteiger partial charge in [-0.2, -0.15) is 0 Å². The van der Waals surface area contributed by atoms with Crippen LogP contribution in [0.3, 0.4) is 0 Å². The van der Waals surface area contributed by atoms with Crippen LogP contribution >= 0.6 is 0 Å². The minimum atomic E-state index is -1.48. The van der Waals surface area contributed by atoms with E-state index < -0.39 is 8.24 Å². The Balaban J connectivity index is 2.60. The summed E-state index contributed by atoms with van der Waals surface area (Å²) >= 11 is 0. The molecule has 0 aliphatic carbocycles. The molecule has 0 spiro atoms. The summed E-state index contributed by atoms with van der Waals surface area (Å²) in [4.78, 5) is 11.5. The molecule has 14 heavy (non-hydrogen) atoms. The Labute approximate surface area is 88.1 Å². The molecule has 1 aliphatic heterocycles. The van der Waals surface area contributed by atoms with Crippen LogP contribution in [0, 0.1) is 0 Å². The fourth-order valence-electron chi connectivity index (χ4n) is 2.15. The molecule has 0 saturated carbocycles. The molecule has 0 bridgehead atoms. The minimum absolute atomic E-state index is 0.334. The van der Waals surface area contributed by atoms with Gasteiger partial charge in [-0.1, -0.05) is 38.9 Å². The largest absolute Gasteiger partial charge is 0.363 e. The van der Waals surface area contributed by atoms with Gasteiger partial charge in [-0.05, 0) is 6.04 Å². The summed E-state index contributed by atoms with van der Waals surface area (Å²) in [5.41, 5.74) is 0. The van der Waals surface area contributed by atoms with Crippen molar-refractivity contribution in [3.8, 4) is 0 Å². The monoisotopic (exact) mass is 211 g/mol. The van der Waals surface area contributed by atoms with Crippen LogP contribution in [0.15, 0.2) is 12.7 Å². The lowest BCUT2D eigenvalue weighted by atomic mass is 10.1. The van der Waals surface area contributed by atoms with Crippen LogP contribution in [-0.4, -0.2) is 24.7 Å². The van der Waals surface area contributed by atoms with E-state index in [1.807, 2.05) is 6.08 Å². The number of amides is 1. The first-order valence-electron chi connectivity index (χ1n) is 5.47. The molecule has 0 radical (unpaired) electrons. The molecule has 1 unspecified atom stereocenters. The summed E-state index contributed by atoms with van der Waals surface area (Å²) in [7, 11) is -1.48. The van der Waals surface area contributed by atoms with Crippen LogP contribution in [0.5, 0.6) is 0 Å². The highest BCUT2D eigenvalue weighted by molar-refractivity contribution is 6.77. The molecule has 1 rings (SSSR count). The van der Waals surface area contributed by atoms with Crippen LogP contribution in [0.2, 0.25) is 19.1 Å². The van der Waals surface area contributed by atoms with Gasteiger partial charge in [-0.15, -0.1) is 6.58 Å². The van der Waals surface area contributed by atoms with Crippen LogP contribution in [0.1, 0.15) is 26.2 Å². The molecule has 1 amide bonds. The molecule has 1 atom stereocenters. The Kier molecular flexibility index (Phi) is 3.53. The van der Waals surface area contributed by atoms with Crippen molar-refractivity contribution in [2.75, 3.05) is 0 Å². The molecule has 80 valence electrons. The van der Waals surface area contributed by atoms with Crippen molar-refractivity contribution in [1.29, 1.82) is 0 Å².